The predicted octanol–water partition coefficient (Wildman–Crippen LogP) is 4.72. The molecule has 0 aliphatic rings. The maximum atomic E-state index is 12.7. The normalized spacial score (nSPS) is 11.2. The number of aromatic nitrogens is 3. The Balaban J connectivity index is 1.45. The van der Waals surface area contributed by atoms with Crippen LogP contribution in [0.4, 0.5) is 5.13 Å². The van der Waals surface area contributed by atoms with E-state index < -0.39 is 0 Å². The second-order valence-corrected chi connectivity index (χ2v) is 9.81. The molecule has 1 N–H and O–H groups in total. The van der Waals surface area contributed by atoms with Gasteiger partial charge in [-0.1, -0.05) is 23.7 Å². The average molecular weight is 459 g/mol. The number of nitrogens with zero attached hydrogens (tertiary/aromatic N) is 3. The van der Waals surface area contributed by atoms with Crippen molar-refractivity contribution in [3.63, 3.8) is 0 Å². The lowest BCUT2D eigenvalue weighted by Gasteiger charge is -2.05. The highest BCUT2D eigenvalue weighted by Gasteiger charge is 2.14. The number of aryl methyl sites for hydroxylation is 3. The molecule has 6 nitrogen and oxygen atoms in total. The Hall–Kier alpha value is -2.55. The lowest BCUT2D eigenvalue weighted by molar-refractivity contribution is -0.116. The van der Waals surface area contributed by atoms with Crippen molar-refractivity contribution < 1.29 is 4.79 Å². The first-order chi connectivity index (χ1) is 14.3. The molecule has 3 heterocycles. The summed E-state index contributed by atoms with van der Waals surface area (Å²) >= 11 is 9.08. The van der Waals surface area contributed by atoms with Gasteiger partial charge in [0.25, 0.3) is 5.56 Å². The highest BCUT2D eigenvalue weighted by atomic mass is 35.5. The third-order valence-electron chi connectivity index (χ3n) is 4.88. The molecule has 30 heavy (non-hydrogen) atoms. The molecule has 0 radical (unpaired) electrons. The Labute approximate surface area is 186 Å². The first kappa shape index (κ1) is 20.7. The van der Waals surface area contributed by atoms with Crippen molar-refractivity contribution in [2.24, 2.45) is 0 Å². The van der Waals surface area contributed by atoms with Crippen LogP contribution >= 0.6 is 34.3 Å². The van der Waals surface area contributed by atoms with Crippen molar-refractivity contribution in [2.45, 2.75) is 33.7 Å². The summed E-state index contributed by atoms with van der Waals surface area (Å²) in [6.45, 7) is 5.72. The maximum absolute atomic E-state index is 12.7. The van der Waals surface area contributed by atoms with Crippen LogP contribution in [0.3, 0.4) is 0 Å². The molecule has 1 aromatic carbocycles. The van der Waals surface area contributed by atoms with Gasteiger partial charge < -0.3 is 5.32 Å². The zero-order valence-electron chi connectivity index (χ0n) is 16.7. The van der Waals surface area contributed by atoms with Gasteiger partial charge in [0.1, 0.15) is 11.4 Å². The van der Waals surface area contributed by atoms with E-state index in [4.69, 9.17) is 11.6 Å². The number of carbonyl (C=O) groups excluding carboxylic acids is 1. The van der Waals surface area contributed by atoms with E-state index in [9.17, 15) is 9.59 Å². The monoisotopic (exact) mass is 458 g/mol. The highest BCUT2D eigenvalue weighted by molar-refractivity contribution is 7.18. The lowest BCUT2D eigenvalue weighted by atomic mass is 10.1. The molecule has 154 valence electrons. The number of amides is 1. The molecule has 9 heteroatoms. The van der Waals surface area contributed by atoms with Gasteiger partial charge in [0.15, 0.2) is 5.13 Å². The standard InChI is InChI=1S/C21H19ClN4O2S2/c1-11-4-5-14(7-16(11)22)6-15-8-23-21(30-15)25-17(27)9-26-10-24-19-18(20(26)28)12(2)13(3)29-19/h4-5,7-8,10H,6,9H2,1-3H3,(H,23,25,27). The van der Waals surface area contributed by atoms with Crippen LogP contribution in [-0.2, 0) is 17.8 Å². The Kier molecular flexibility index (Phi) is 5.73. The van der Waals surface area contributed by atoms with E-state index in [1.165, 1.54) is 33.6 Å². The molecule has 1 amide bonds. The van der Waals surface area contributed by atoms with Crippen molar-refractivity contribution in [2.75, 3.05) is 5.32 Å². The first-order valence-electron chi connectivity index (χ1n) is 9.26. The van der Waals surface area contributed by atoms with E-state index in [2.05, 4.69) is 15.3 Å². The topological polar surface area (TPSA) is 76.9 Å². The number of thiophene rings is 1. The van der Waals surface area contributed by atoms with Gasteiger partial charge in [0.05, 0.1) is 11.7 Å². The summed E-state index contributed by atoms with van der Waals surface area (Å²) in [7, 11) is 0. The zero-order chi connectivity index (χ0) is 21.4. The molecule has 0 saturated carbocycles. The van der Waals surface area contributed by atoms with E-state index in [-0.39, 0.29) is 18.0 Å². The Bertz CT molecular complexity index is 1320. The summed E-state index contributed by atoms with van der Waals surface area (Å²) < 4.78 is 1.33. The van der Waals surface area contributed by atoms with Crippen molar-refractivity contribution in [3.8, 4) is 0 Å². The van der Waals surface area contributed by atoms with Crippen LogP contribution < -0.4 is 10.9 Å². The first-order valence-corrected chi connectivity index (χ1v) is 11.3. The van der Waals surface area contributed by atoms with Gasteiger partial charge in [-0.05, 0) is 43.5 Å². The van der Waals surface area contributed by atoms with Gasteiger partial charge in [0, 0.05) is 27.4 Å². The molecular formula is C21H19ClN4O2S2. The number of fused-ring (bicyclic) bond motifs is 1. The number of anilines is 1. The lowest BCUT2D eigenvalue weighted by Crippen LogP contribution is -2.27. The number of benzene rings is 1. The summed E-state index contributed by atoms with van der Waals surface area (Å²) in [5, 5.41) is 4.59. The second kappa shape index (κ2) is 8.29. The van der Waals surface area contributed by atoms with Gasteiger partial charge in [-0.2, -0.15) is 0 Å². The van der Waals surface area contributed by atoms with Crippen LogP contribution in [-0.4, -0.2) is 20.4 Å². The van der Waals surface area contributed by atoms with E-state index in [0.717, 1.165) is 31.5 Å². The molecular weight excluding hydrogens is 440 g/mol. The number of thiazole rings is 1. The van der Waals surface area contributed by atoms with Gasteiger partial charge in [-0.15, -0.1) is 22.7 Å². The minimum absolute atomic E-state index is 0.113. The average Bonchev–Trinajstić information content (AvgIpc) is 3.25. The largest absolute Gasteiger partial charge is 0.300 e. The van der Waals surface area contributed by atoms with Gasteiger partial charge in [-0.3, -0.25) is 14.2 Å². The third kappa shape index (κ3) is 4.16. The van der Waals surface area contributed by atoms with Crippen LogP contribution in [0.15, 0.2) is 35.5 Å². The summed E-state index contributed by atoms with van der Waals surface area (Å²) in [4.78, 5) is 36.6. The molecule has 3 aromatic heterocycles. The number of rotatable bonds is 5. The van der Waals surface area contributed by atoms with Crippen molar-refractivity contribution in [1.82, 2.24) is 14.5 Å². The molecule has 0 aliphatic heterocycles. The van der Waals surface area contributed by atoms with E-state index in [0.29, 0.717) is 21.8 Å². The summed E-state index contributed by atoms with van der Waals surface area (Å²) in [5.74, 6) is -0.317. The quantitative estimate of drug-likeness (QED) is 0.469. The van der Waals surface area contributed by atoms with Crippen LogP contribution in [0.1, 0.15) is 26.4 Å². The molecule has 0 fully saturated rings. The zero-order valence-corrected chi connectivity index (χ0v) is 19.0. The number of carbonyl (C=O) groups is 1. The second-order valence-electron chi connectivity index (χ2n) is 7.08. The number of nitrogens with one attached hydrogen (secondary N) is 1. The predicted molar refractivity (Wildman–Crippen MR) is 123 cm³/mol. The number of hydrogen-bond donors (Lipinski definition) is 1. The molecule has 0 atom stereocenters. The minimum Gasteiger partial charge on any atom is -0.300 e. The maximum Gasteiger partial charge on any atom is 0.262 e. The summed E-state index contributed by atoms with van der Waals surface area (Å²) in [6, 6.07) is 5.96. The van der Waals surface area contributed by atoms with Gasteiger partial charge in [0.2, 0.25) is 5.91 Å². The van der Waals surface area contributed by atoms with Crippen LogP contribution in [0, 0.1) is 20.8 Å². The molecule has 0 bridgehead atoms. The molecule has 0 unspecified atom stereocenters. The molecule has 4 rings (SSSR count). The third-order valence-corrected chi connectivity index (χ3v) is 7.32. The fourth-order valence-electron chi connectivity index (χ4n) is 3.09. The smallest absolute Gasteiger partial charge is 0.262 e. The number of hydrogen-bond acceptors (Lipinski definition) is 6. The highest BCUT2D eigenvalue weighted by Crippen LogP contribution is 2.26. The Morgan fingerprint density at radius 2 is 2.00 bits per heavy atom. The Morgan fingerprint density at radius 1 is 1.20 bits per heavy atom. The van der Waals surface area contributed by atoms with E-state index in [1.54, 1.807) is 6.20 Å². The molecule has 0 saturated heterocycles. The fourth-order valence-corrected chi connectivity index (χ4v) is 5.14. The van der Waals surface area contributed by atoms with Gasteiger partial charge in [-0.25, -0.2) is 9.97 Å². The fraction of sp³-hybridized carbons (Fsp3) is 0.238. The SMILES string of the molecule is Cc1ccc(Cc2cnc(NC(=O)Cn3cnc4sc(C)c(C)c4c3=O)s2)cc1Cl. The van der Waals surface area contributed by atoms with Crippen molar-refractivity contribution in [1.29, 1.82) is 0 Å². The molecule has 0 spiro atoms. The van der Waals surface area contributed by atoms with Crippen LogP contribution in [0.5, 0.6) is 0 Å². The minimum atomic E-state index is -0.317. The molecule has 0 aliphatic carbocycles. The van der Waals surface area contributed by atoms with E-state index >= 15 is 0 Å². The van der Waals surface area contributed by atoms with E-state index in [1.807, 2.05) is 39.0 Å². The Morgan fingerprint density at radius 3 is 2.77 bits per heavy atom. The van der Waals surface area contributed by atoms with Crippen molar-refractivity contribution in [3.05, 3.63) is 72.5 Å². The number of halogens is 1. The van der Waals surface area contributed by atoms with Crippen molar-refractivity contribution >= 4 is 55.5 Å². The summed E-state index contributed by atoms with van der Waals surface area (Å²) in [5.41, 5.74) is 2.84. The van der Waals surface area contributed by atoms with Gasteiger partial charge >= 0.3 is 0 Å². The molecule has 4 aromatic rings. The van der Waals surface area contributed by atoms with Crippen LogP contribution in [0.25, 0.3) is 10.2 Å². The summed E-state index contributed by atoms with van der Waals surface area (Å²) in [6.07, 6.45) is 3.85. The van der Waals surface area contributed by atoms with Crippen LogP contribution in [0.2, 0.25) is 5.02 Å².